The first-order chi connectivity index (χ1) is 11.1. The molecule has 0 aliphatic carbocycles. The van der Waals surface area contributed by atoms with Gasteiger partial charge in [0, 0.05) is 18.0 Å². The van der Waals surface area contributed by atoms with Gasteiger partial charge in [-0.15, -0.1) is 0 Å². The second-order valence-corrected chi connectivity index (χ2v) is 4.65. The summed E-state index contributed by atoms with van der Waals surface area (Å²) in [5.41, 5.74) is 0.828. The van der Waals surface area contributed by atoms with Gasteiger partial charge in [0.05, 0.1) is 20.8 Å². The fraction of sp³-hybridized carbons (Fsp3) is 0.267. The van der Waals surface area contributed by atoms with Crippen LogP contribution < -0.4 is 14.8 Å². The molecule has 0 amide bonds. The smallest absolute Gasteiger partial charge is 0.343 e. The third-order valence-corrected chi connectivity index (χ3v) is 3.08. The Morgan fingerprint density at radius 1 is 1.26 bits per heavy atom. The molecule has 0 unspecified atom stereocenters. The minimum Gasteiger partial charge on any atom is -0.493 e. The molecule has 1 aromatic carbocycles. The number of halogens is 1. The number of nitrogens with one attached hydrogen (secondary N) is 1. The third kappa shape index (κ3) is 4.01. The first-order valence-corrected chi connectivity index (χ1v) is 7.15. The van der Waals surface area contributed by atoms with E-state index in [0.717, 1.165) is 0 Å². The molecule has 0 spiro atoms. The van der Waals surface area contributed by atoms with Gasteiger partial charge in [0.2, 0.25) is 5.28 Å². The summed E-state index contributed by atoms with van der Waals surface area (Å²) in [7, 11) is 3.08. The summed E-state index contributed by atoms with van der Waals surface area (Å²) in [5.74, 6) is 0.836. The largest absolute Gasteiger partial charge is 0.493 e. The van der Waals surface area contributed by atoms with E-state index in [2.05, 4.69) is 15.3 Å². The van der Waals surface area contributed by atoms with Gasteiger partial charge in [0.15, 0.2) is 11.5 Å². The Balaban J connectivity index is 2.35. The molecular weight excluding hydrogens is 322 g/mol. The van der Waals surface area contributed by atoms with Crippen molar-refractivity contribution >= 4 is 29.1 Å². The van der Waals surface area contributed by atoms with Gasteiger partial charge < -0.3 is 19.5 Å². The normalized spacial score (nSPS) is 10.1. The number of benzene rings is 1. The number of carbonyl (C=O) groups excluding carboxylic acids is 1. The molecule has 0 aliphatic heterocycles. The van der Waals surface area contributed by atoms with Crippen LogP contribution in [0, 0.1) is 0 Å². The molecule has 122 valence electrons. The van der Waals surface area contributed by atoms with E-state index in [1.165, 1.54) is 13.3 Å². The number of methoxy groups -OCH3 is 2. The summed E-state index contributed by atoms with van der Waals surface area (Å²) >= 11 is 5.81. The highest BCUT2D eigenvalue weighted by molar-refractivity contribution is 6.28. The molecule has 7 nitrogen and oxygen atoms in total. The van der Waals surface area contributed by atoms with Gasteiger partial charge in [-0.05, 0) is 30.7 Å². The summed E-state index contributed by atoms with van der Waals surface area (Å²) in [4.78, 5) is 19.8. The highest BCUT2D eigenvalue weighted by Crippen LogP contribution is 2.31. The maximum atomic E-state index is 12.0. The molecular formula is C15H16ClN3O4. The van der Waals surface area contributed by atoms with E-state index in [4.69, 9.17) is 25.8 Å². The van der Waals surface area contributed by atoms with Crippen LogP contribution >= 0.6 is 11.6 Å². The Morgan fingerprint density at radius 3 is 2.65 bits per heavy atom. The molecule has 0 atom stereocenters. The molecule has 0 saturated heterocycles. The van der Waals surface area contributed by atoms with Crippen LogP contribution in [0.15, 0.2) is 24.4 Å². The van der Waals surface area contributed by atoms with Crippen molar-refractivity contribution in [3.63, 3.8) is 0 Å². The first-order valence-electron chi connectivity index (χ1n) is 6.77. The second-order valence-electron chi connectivity index (χ2n) is 4.32. The van der Waals surface area contributed by atoms with Crippen molar-refractivity contribution in [2.45, 2.75) is 6.92 Å². The van der Waals surface area contributed by atoms with Crippen LogP contribution in [0.2, 0.25) is 5.28 Å². The highest BCUT2D eigenvalue weighted by atomic mass is 35.5. The van der Waals surface area contributed by atoms with Crippen molar-refractivity contribution < 1.29 is 19.0 Å². The first kappa shape index (κ1) is 16.8. The molecule has 0 fully saturated rings. The Hall–Kier alpha value is -2.54. The van der Waals surface area contributed by atoms with E-state index in [0.29, 0.717) is 17.2 Å². The van der Waals surface area contributed by atoms with Crippen molar-refractivity contribution in [3.05, 3.63) is 35.2 Å². The van der Waals surface area contributed by atoms with Crippen molar-refractivity contribution in [2.75, 3.05) is 26.1 Å². The molecule has 1 heterocycles. The fourth-order valence-electron chi connectivity index (χ4n) is 1.86. The summed E-state index contributed by atoms with van der Waals surface area (Å²) < 4.78 is 15.4. The lowest BCUT2D eigenvalue weighted by atomic mass is 10.2. The van der Waals surface area contributed by atoms with E-state index in [9.17, 15) is 4.79 Å². The zero-order valence-electron chi connectivity index (χ0n) is 12.9. The molecule has 0 aliphatic rings. The molecule has 0 bridgehead atoms. The standard InChI is InChI=1S/C15H16ClN3O4/c1-4-23-14(20)10-8-17-15(16)19-13(10)18-9-5-6-11(21-2)12(7-9)22-3/h5-8H,4H2,1-3H3,(H,17,18,19). The average Bonchev–Trinajstić information content (AvgIpc) is 2.55. The lowest BCUT2D eigenvalue weighted by Gasteiger charge is -2.13. The van der Waals surface area contributed by atoms with Gasteiger partial charge in [0.1, 0.15) is 11.4 Å². The Morgan fingerprint density at radius 2 is 2.00 bits per heavy atom. The Kier molecular flexibility index (Phi) is 5.59. The van der Waals surface area contributed by atoms with Crippen LogP contribution in [0.4, 0.5) is 11.5 Å². The minimum atomic E-state index is -0.535. The van der Waals surface area contributed by atoms with Crippen LogP contribution in [0.3, 0.4) is 0 Å². The van der Waals surface area contributed by atoms with Crippen LogP contribution in [-0.2, 0) is 4.74 Å². The molecule has 2 aromatic rings. The Bertz CT molecular complexity index is 709. The zero-order valence-corrected chi connectivity index (χ0v) is 13.7. The van der Waals surface area contributed by atoms with E-state index in [1.54, 1.807) is 32.2 Å². The molecule has 8 heteroatoms. The third-order valence-electron chi connectivity index (χ3n) is 2.90. The number of ether oxygens (including phenoxy) is 3. The number of hydrogen-bond acceptors (Lipinski definition) is 7. The number of hydrogen-bond donors (Lipinski definition) is 1. The molecule has 23 heavy (non-hydrogen) atoms. The van der Waals surface area contributed by atoms with Crippen LogP contribution in [-0.4, -0.2) is 36.8 Å². The lowest BCUT2D eigenvalue weighted by Crippen LogP contribution is -2.10. The predicted octanol–water partition coefficient (Wildman–Crippen LogP) is 3.07. The van der Waals surface area contributed by atoms with Crippen molar-refractivity contribution in [1.82, 2.24) is 9.97 Å². The average molecular weight is 338 g/mol. The second kappa shape index (κ2) is 7.64. The van der Waals surface area contributed by atoms with Crippen LogP contribution in [0.5, 0.6) is 11.5 Å². The summed E-state index contributed by atoms with van der Waals surface area (Å²) in [5, 5.41) is 3.02. The number of anilines is 2. The van der Waals surface area contributed by atoms with Crippen LogP contribution in [0.1, 0.15) is 17.3 Å². The quantitative estimate of drug-likeness (QED) is 0.640. The minimum absolute atomic E-state index is 0.0148. The zero-order chi connectivity index (χ0) is 16.8. The van der Waals surface area contributed by atoms with Gasteiger partial charge in [-0.1, -0.05) is 0 Å². The maximum Gasteiger partial charge on any atom is 0.343 e. The topological polar surface area (TPSA) is 82.6 Å². The van der Waals surface area contributed by atoms with E-state index in [1.807, 2.05) is 0 Å². The lowest BCUT2D eigenvalue weighted by molar-refractivity contribution is 0.0526. The van der Waals surface area contributed by atoms with Crippen molar-refractivity contribution in [3.8, 4) is 11.5 Å². The number of esters is 1. The number of carbonyl (C=O) groups is 1. The monoisotopic (exact) mass is 337 g/mol. The van der Waals surface area contributed by atoms with E-state index >= 15 is 0 Å². The number of nitrogens with zero attached hydrogens (tertiary/aromatic N) is 2. The molecule has 1 N–H and O–H groups in total. The van der Waals surface area contributed by atoms with Crippen molar-refractivity contribution in [2.24, 2.45) is 0 Å². The maximum absolute atomic E-state index is 12.0. The van der Waals surface area contributed by atoms with Gasteiger partial charge in [-0.25, -0.2) is 9.78 Å². The van der Waals surface area contributed by atoms with Gasteiger partial charge in [-0.2, -0.15) is 4.98 Å². The summed E-state index contributed by atoms with van der Waals surface area (Å²) in [6, 6.07) is 5.20. The van der Waals surface area contributed by atoms with Crippen LogP contribution in [0.25, 0.3) is 0 Å². The number of rotatable bonds is 6. The summed E-state index contributed by atoms with van der Waals surface area (Å²) in [6.07, 6.45) is 1.32. The molecule has 1 aromatic heterocycles. The highest BCUT2D eigenvalue weighted by Gasteiger charge is 2.16. The fourth-order valence-corrected chi connectivity index (χ4v) is 2.00. The Labute approximate surface area is 138 Å². The van der Waals surface area contributed by atoms with Crippen molar-refractivity contribution in [1.29, 1.82) is 0 Å². The molecule has 0 saturated carbocycles. The summed E-state index contributed by atoms with van der Waals surface area (Å²) in [6.45, 7) is 1.97. The molecule has 2 rings (SSSR count). The SMILES string of the molecule is CCOC(=O)c1cnc(Cl)nc1Nc1ccc(OC)c(OC)c1. The molecule has 0 radical (unpaired) electrons. The number of aromatic nitrogens is 2. The van der Waals surface area contributed by atoms with Gasteiger partial charge in [0.25, 0.3) is 0 Å². The van der Waals surface area contributed by atoms with E-state index < -0.39 is 5.97 Å². The van der Waals surface area contributed by atoms with E-state index in [-0.39, 0.29) is 23.3 Å². The van der Waals surface area contributed by atoms with Gasteiger partial charge in [-0.3, -0.25) is 0 Å². The van der Waals surface area contributed by atoms with Gasteiger partial charge >= 0.3 is 5.97 Å². The predicted molar refractivity (Wildman–Crippen MR) is 85.8 cm³/mol.